The van der Waals surface area contributed by atoms with Gasteiger partial charge in [0.2, 0.25) is 5.91 Å². The van der Waals surface area contributed by atoms with Gasteiger partial charge in [-0.15, -0.1) is 0 Å². The molecule has 0 aromatic heterocycles. The molecule has 7 nitrogen and oxygen atoms in total. The molecule has 184 valence electrons. The molecule has 3 N–H and O–H groups in total. The number of carbonyl (C=O) groups excluding carboxylic acids is 2. The van der Waals surface area contributed by atoms with E-state index in [1.807, 2.05) is 24.3 Å². The molecule has 1 atom stereocenters. The molecule has 5 rings (SSSR count). The lowest BCUT2D eigenvalue weighted by atomic mass is 9.73. The van der Waals surface area contributed by atoms with Crippen molar-refractivity contribution in [3.63, 3.8) is 0 Å². The highest BCUT2D eigenvalue weighted by molar-refractivity contribution is 5.88. The lowest BCUT2D eigenvalue weighted by molar-refractivity contribution is -0.145. The Kier molecular flexibility index (Phi) is 6.50. The van der Waals surface area contributed by atoms with Crippen LogP contribution in [-0.2, 0) is 14.3 Å². The fraction of sp³-hybridized carbons (Fsp3) is 0.464. The Bertz CT molecular complexity index is 1070. The van der Waals surface area contributed by atoms with Crippen LogP contribution in [0, 0.1) is 11.3 Å². The van der Waals surface area contributed by atoms with Crippen LogP contribution >= 0.6 is 0 Å². The van der Waals surface area contributed by atoms with Gasteiger partial charge in [0.1, 0.15) is 12.6 Å². The van der Waals surface area contributed by atoms with Gasteiger partial charge in [0, 0.05) is 12.5 Å². The number of amides is 2. The molecular weight excluding hydrogens is 444 g/mol. The van der Waals surface area contributed by atoms with Crippen LogP contribution in [0.4, 0.5) is 4.79 Å². The summed E-state index contributed by atoms with van der Waals surface area (Å²) in [6.07, 6.45) is 5.12. The molecule has 2 saturated carbocycles. The minimum absolute atomic E-state index is 0.00665. The van der Waals surface area contributed by atoms with E-state index in [0.29, 0.717) is 12.8 Å². The molecule has 0 bridgehead atoms. The number of nitrogens with one attached hydrogen (secondary N) is 2. The van der Waals surface area contributed by atoms with Crippen LogP contribution in [0.15, 0.2) is 48.5 Å². The Labute approximate surface area is 205 Å². The minimum atomic E-state index is -0.990. The molecule has 2 amide bonds. The highest BCUT2D eigenvalue weighted by atomic mass is 16.5. The van der Waals surface area contributed by atoms with Gasteiger partial charge in [-0.05, 0) is 53.9 Å². The van der Waals surface area contributed by atoms with E-state index in [9.17, 15) is 19.5 Å². The van der Waals surface area contributed by atoms with Crippen LogP contribution < -0.4 is 10.6 Å². The van der Waals surface area contributed by atoms with Crippen molar-refractivity contribution in [1.29, 1.82) is 0 Å². The van der Waals surface area contributed by atoms with Gasteiger partial charge in [0.25, 0.3) is 0 Å². The van der Waals surface area contributed by atoms with Crippen LogP contribution in [-0.4, -0.2) is 42.3 Å². The lowest BCUT2D eigenvalue weighted by Gasteiger charge is -2.36. The zero-order chi connectivity index (χ0) is 24.4. The number of carboxylic acids is 1. The number of alkyl carbamates (subject to hydrolysis) is 1. The minimum Gasteiger partial charge on any atom is -0.480 e. The molecule has 0 radical (unpaired) electrons. The third-order valence-electron chi connectivity index (χ3n) is 7.85. The van der Waals surface area contributed by atoms with Gasteiger partial charge in [-0.3, -0.25) is 4.79 Å². The fourth-order valence-electron chi connectivity index (χ4n) is 5.71. The number of hydrogen-bond acceptors (Lipinski definition) is 4. The number of carbonyl (C=O) groups is 3. The first-order valence-corrected chi connectivity index (χ1v) is 12.6. The van der Waals surface area contributed by atoms with E-state index in [4.69, 9.17) is 4.74 Å². The number of rotatable bonds is 8. The van der Waals surface area contributed by atoms with Crippen molar-refractivity contribution in [2.24, 2.45) is 11.3 Å². The molecule has 0 saturated heterocycles. The average molecular weight is 477 g/mol. The van der Waals surface area contributed by atoms with Crippen LogP contribution in [0.25, 0.3) is 11.1 Å². The Morgan fingerprint density at radius 3 is 2.11 bits per heavy atom. The Balaban J connectivity index is 1.22. The van der Waals surface area contributed by atoms with Crippen LogP contribution in [0.1, 0.15) is 62.0 Å². The maximum Gasteiger partial charge on any atom is 0.407 e. The highest BCUT2D eigenvalue weighted by Gasteiger charge is 2.44. The highest BCUT2D eigenvalue weighted by Crippen LogP contribution is 2.44. The molecule has 1 unspecified atom stereocenters. The zero-order valence-corrected chi connectivity index (χ0v) is 19.8. The quantitative estimate of drug-likeness (QED) is 0.522. The first kappa shape index (κ1) is 23.4. The Morgan fingerprint density at radius 1 is 0.943 bits per heavy atom. The zero-order valence-electron chi connectivity index (χ0n) is 19.8. The summed E-state index contributed by atoms with van der Waals surface area (Å²) in [6.45, 7) is 0.355. The van der Waals surface area contributed by atoms with Crippen molar-refractivity contribution in [3.05, 3.63) is 59.7 Å². The van der Waals surface area contributed by atoms with E-state index in [1.165, 1.54) is 11.1 Å². The second-order valence-corrected chi connectivity index (χ2v) is 10.1. The van der Waals surface area contributed by atoms with E-state index in [0.717, 1.165) is 43.2 Å². The number of aliphatic carboxylic acids is 1. The lowest BCUT2D eigenvalue weighted by Crippen LogP contribution is -2.54. The third kappa shape index (κ3) is 4.77. The maximum absolute atomic E-state index is 13.3. The summed E-state index contributed by atoms with van der Waals surface area (Å²) in [5.41, 5.74) is 3.82. The Morgan fingerprint density at radius 2 is 1.54 bits per heavy atom. The van der Waals surface area contributed by atoms with E-state index in [1.54, 1.807) is 0 Å². The van der Waals surface area contributed by atoms with Gasteiger partial charge in [0.15, 0.2) is 0 Å². The molecule has 3 aliphatic carbocycles. The van der Waals surface area contributed by atoms with Gasteiger partial charge in [0.05, 0.1) is 5.41 Å². The van der Waals surface area contributed by atoms with Crippen LogP contribution in [0.2, 0.25) is 0 Å². The molecule has 3 aliphatic rings. The van der Waals surface area contributed by atoms with Crippen molar-refractivity contribution >= 4 is 18.0 Å². The summed E-state index contributed by atoms with van der Waals surface area (Å²) < 4.78 is 5.65. The van der Waals surface area contributed by atoms with Crippen molar-refractivity contribution in [1.82, 2.24) is 10.6 Å². The van der Waals surface area contributed by atoms with Crippen molar-refractivity contribution < 1.29 is 24.2 Å². The number of benzene rings is 2. The van der Waals surface area contributed by atoms with E-state index in [-0.39, 0.29) is 30.9 Å². The molecule has 0 aliphatic heterocycles. The van der Waals surface area contributed by atoms with E-state index >= 15 is 0 Å². The van der Waals surface area contributed by atoms with Crippen molar-refractivity contribution in [3.8, 4) is 11.1 Å². The largest absolute Gasteiger partial charge is 0.480 e. The smallest absolute Gasteiger partial charge is 0.407 e. The number of fused-ring (bicyclic) bond motifs is 3. The molecule has 2 aromatic carbocycles. The van der Waals surface area contributed by atoms with Crippen molar-refractivity contribution in [2.75, 3.05) is 13.2 Å². The fourth-order valence-corrected chi connectivity index (χ4v) is 5.71. The molecule has 2 aromatic rings. The van der Waals surface area contributed by atoms with E-state index < -0.39 is 23.5 Å². The van der Waals surface area contributed by atoms with Gasteiger partial charge >= 0.3 is 12.1 Å². The van der Waals surface area contributed by atoms with E-state index in [2.05, 4.69) is 34.9 Å². The van der Waals surface area contributed by atoms with Crippen LogP contribution in [0.5, 0.6) is 0 Å². The second-order valence-electron chi connectivity index (χ2n) is 10.1. The number of ether oxygens (including phenoxy) is 1. The summed E-state index contributed by atoms with van der Waals surface area (Å²) in [7, 11) is 0. The SMILES string of the molecule is O=C(NCC1(C(=O)NC(C(=O)O)C2CC2)CCCCC1)OCC1c2ccccc2-c2ccccc21. The first-order valence-electron chi connectivity index (χ1n) is 12.6. The molecule has 0 heterocycles. The standard InChI is InChI=1S/C28H32N2O5/c31-25(32)24(18-12-13-18)30-26(33)28(14-6-1-7-15-28)17-29-27(34)35-16-23-21-10-4-2-8-19(21)20-9-3-5-11-22(20)23/h2-5,8-11,18,23-24H,1,6-7,12-17H2,(H,29,34)(H,30,33)(H,31,32). The summed E-state index contributed by atoms with van der Waals surface area (Å²) in [6, 6.07) is 15.5. The number of carboxylic acid groups (broad SMARTS) is 1. The molecule has 2 fully saturated rings. The third-order valence-corrected chi connectivity index (χ3v) is 7.85. The summed E-state index contributed by atoms with van der Waals surface area (Å²) in [5.74, 6) is -1.28. The topological polar surface area (TPSA) is 105 Å². The summed E-state index contributed by atoms with van der Waals surface area (Å²) >= 11 is 0. The van der Waals surface area contributed by atoms with Gasteiger partial charge < -0.3 is 20.5 Å². The first-order chi connectivity index (χ1) is 17.0. The number of hydrogen-bond donors (Lipinski definition) is 3. The molecule has 35 heavy (non-hydrogen) atoms. The Hall–Kier alpha value is -3.35. The van der Waals surface area contributed by atoms with Gasteiger partial charge in [-0.2, -0.15) is 0 Å². The average Bonchev–Trinajstić information content (AvgIpc) is 3.67. The maximum atomic E-state index is 13.3. The predicted molar refractivity (Wildman–Crippen MR) is 131 cm³/mol. The summed E-state index contributed by atoms with van der Waals surface area (Å²) in [4.78, 5) is 37.6. The molecule has 0 spiro atoms. The molecule has 7 heteroatoms. The normalized spacial score (nSPS) is 19.2. The predicted octanol–water partition coefficient (Wildman–Crippen LogP) is 4.46. The van der Waals surface area contributed by atoms with Gasteiger partial charge in [-0.25, -0.2) is 9.59 Å². The summed E-state index contributed by atoms with van der Waals surface area (Å²) in [5, 5.41) is 15.1. The van der Waals surface area contributed by atoms with Gasteiger partial charge in [-0.1, -0.05) is 67.8 Å². The monoisotopic (exact) mass is 476 g/mol. The molecular formula is C28H32N2O5. The van der Waals surface area contributed by atoms with Crippen LogP contribution in [0.3, 0.4) is 0 Å². The second kappa shape index (κ2) is 9.72. The van der Waals surface area contributed by atoms with Crippen molar-refractivity contribution in [2.45, 2.75) is 56.9 Å².